The number of aromatic amines is 1. The molecule has 2 rings (SSSR count). The third kappa shape index (κ3) is 3.25. The topological polar surface area (TPSA) is 40.7 Å². The van der Waals surface area contributed by atoms with Crippen LogP contribution >= 0.6 is 11.8 Å². The van der Waals surface area contributed by atoms with Crippen LogP contribution in [0.3, 0.4) is 0 Å². The van der Waals surface area contributed by atoms with Crippen molar-refractivity contribution in [3.63, 3.8) is 0 Å². The number of hydrogen-bond donors (Lipinski definition) is 2. The van der Waals surface area contributed by atoms with Gasteiger partial charge in [0, 0.05) is 24.2 Å². The van der Waals surface area contributed by atoms with E-state index in [0.717, 1.165) is 16.8 Å². The first-order valence-corrected chi connectivity index (χ1v) is 7.18. The number of rotatable bonds is 5. The van der Waals surface area contributed by atoms with E-state index >= 15 is 0 Å². The van der Waals surface area contributed by atoms with Crippen LogP contribution in [0.15, 0.2) is 17.6 Å². The van der Waals surface area contributed by atoms with Gasteiger partial charge >= 0.3 is 0 Å². The number of imidazole rings is 1. The molecule has 1 atom stereocenters. The van der Waals surface area contributed by atoms with Gasteiger partial charge in [0.05, 0.1) is 0 Å². The van der Waals surface area contributed by atoms with E-state index < -0.39 is 0 Å². The highest BCUT2D eigenvalue weighted by Crippen LogP contribution is 2.28. The molecule has 2 N–H and O–H groups in total. The van der Waals surface area contributed by atoms with Crippen LogP contribution < -0.4 is 5.32 Å². The molecule has 1 fully saturated rings. The van der Waals surface area contributed by atoms with E-state index in [-0.39, 0.29) is 0 Å². The van der Waals surface area contributed by atoms with Gasteiger partial charge in [-0.15, -0.1) is 0 Å². The molecule has 1 aliphatic carbocycles. The fourth-order valence-electron chi connectivity index (χ4n) is 2.49. The molecule has 0 spiro atoms. The number of nitrogens with one attached hydrogen (secondary N) is 2. The first-order valence-electron chi connectivity index (χ1n) is 6.19. The predicted octanol–water partition coefficient (Wildman–Crippen LogP) is 2.67. The Kier molecular flexibility index (Phi) is 4.72. The summed E-state index contributed by atoms with van der Waals surface area (Å²) in [5.41, 5.74) is 0. The van der Waals surface area contributed by atoms with Crippen molar-refractivity contribution in [3.8, 4) is 0 Å². The van der Waals surface area contributed by atoms with Crippen molar-refractivity contribution in [1.29, 1.82) is 0 Å². The van der Waals surface area contributed by atoms with Crippen LogP contribution in [0, 0.1) is 5.92 Å². The lowest BCUT2D eigenvalue weighted by atomic mass is 9.84. The Labute approximate surface area is 102 Å². The van der Waals surface area contributed by atoms with E-state index in [0.29, 0.717) is 6.04 Å². The Hall–Kier alpha value is -0.480. The van der Waals surface area contributed by atoms with E-state index in [4.69, 9.17) is 0 Å². The van der Waals surface area contributed by atoms with Crippen LogP contribution in [-0.4, -0.2) is 28.8 Å². The van der Waals surface area contributed by atoms with Gasteiger partial charge in [-0.2, -0.15) is 0 Å². The zero-order valence-corrected chi connectivity index (χ0v) is 10.7. The van der Waals surface area contributed by atoms with Gasteiger partial charge in [0.25, 0.3) is 0 Å². The Morgan fingerprint density at radius 3 is 2.94 bits per heavy atom. The molecule has 1 heterocycles. The molecule has 0 amide bonds. The van der Waals surface area contributed by atoms with Crippen molar-refractivity contribution in [2.45, 2.75) is 43.3 Å². The third-order valence-corrected chi connectivity index (χ3v) is 4.48. The summed E-state index contributed by atoms with van der Waals surface area (Å²) in [6.07, 6.45) is 10.7. The zero-order chi connectivity index (χ0) is 11.2. The molecule has 1 unspecified atom stereocenters. The molecule has 1 aromatic heterocycles. The number of thioether (sulfide) groups is 1. The van der Waals surface area contributed by atoms with E-state index in [1.807, 2.05) is 24.2 Å². The van der Waals surface area contributed by atoms with Crippen molar-refractivity contribution < 1.29 is 0 Å². The quantitative estimate of drug-likeness (QED) is 0.776. The molecule has 0 bridgehead atoms. The molecule has 0 radical (unpaired) electrons. The molecule has 90 valence electrons. The fourth-order valence-corrected chi connectivity index (χ4v) is 3.55. The average Bonchev–Trinajstić information content (AvgIpc) is 2.84. The largest absolute Gasteiger partial charge is 0.340 e. The number of hydrogen-bond acceptors (Lipinski definition) is 3. The lowest BCUT2D eigenvalue weighted by molar-refractivity contribution is 0.294. The highest BCUT2D eigenvalue weighted by molar-refractivity contribution is 7.99. The first kappa shape index (κ1) is 12.0. The van der Waals surface area contributed by atoms with E-state index in [1.165, 1.54) is 32.1 Å². The highest BCUT2D eigenvalue weighted by atomic mass is 32.2. The zero-order valence-electron chi connectivity index (χ0n) is 9.91. The predicted molar refractivity (Wildman–Crippen MR) is 68.7 cm³/mol. The molecule has 3 nitrogen and oxygen atoms in total. The normalized spacial score (nSPS) is 19.8. The van der Waals surface area contributed by atoms with Gasteiger partial charge in [-0.25, -0.2) is 4.98 Å². The van der Waals surface area contributed by atoms with Gasteiger partial charge in [-0.3, -0.25) is 0 Å². The number of aromatic nitrogens is 2. The van der Waals surface area contributed by atoms with Gasteiger partial charge in [0.15, 0.2) is 5.16 Å². The summed E-state index contributed by atoms with van der Waals surface area (Å²) in [5.74, 6) is 1.98. The average molecular weight is 239 g/mol. The van der Waals surface area contributed by atoms with E-state index in [9.17, 15) is 0 Å². The SMILES string of the molecule is CNC(CSc1ncc[nH]1)C1CCCCC1. The summed E-state index contributed by atoms with van der Waals surface area (Å²) >= 11 is 1.82. The Morgan fingerprint density at radius 1 is 1.50 bits per heavy atom. The first-order chi connectivity index (χ1) is 7.90. The Morgan fingerprint density at radius 2 is 2.31 bits per heavy atom. The smallest absolute Gasteiger partial charge is 0.165 e. The van der Waals surface area contributed by atoms with Crippen LogP contribution in [0.4, 0.5) is 0 Å². The van der Waals surface area contributed by atoms with Crippen molar-refractivity contribution >= 4 is 11.8 Å². The summed E-state index contributed by atoms with van der Waals surface area (Å²) in [5, 5.41) is 4.51. The maximum Gasteiger partial charge on any atom is 0.165 e. The molecule has 0 aliphatic heterocycles. The molecule has 1 aromatic rings. The van der Waals surface area contributed by atoms with Crippen molar-refractivity contribution in [2.75, 3.05) is 12.8 Å². The van der Waals surface area contributed by atoms with Gasteiger partial charge in [0.2, 0.25) is 0 Å². The van der Waals surface area contributed by atoms with Crippen molar-refractivity contribution in [2.24, 2.45) is 5.92 Å². The summed E-state index contributed by atoms with van der Waals surface area (Å²) < 4.78 is 0. The summed E-state index contributed by atoms with van der Waals surface area (Å²) in [7, 11) is 2.09. The van der Waals surface area contributed by atoms with Gasteiger partial charge < -0.3 is 10.3 Å². The summed E-state index contributed by atoms with van der Waals surface area (Å²) in [6.45, 7) is 0. The van der Waals surface area contributed by atoms with Crippen LogP contribution in [0.1, 0.15) is 32.1 Å². The fraction of sp³-hybridized carbons (Fsp3) is 0.750. The van der Waals surface area contributed by atoms with Crippen molar-refractivity contribution in [3.05, 3.63) is 12.4 Å². The molecule has 16 heavy (non-hydrogen) atoms. The van der Waals surface area contributed by atoms with Gasteiger partial charge in [0.1, 0.15) is 0 Å². The maximum atomic E-state index is 4.25. The molecule has 0 saturated heterocycles. The number of nitrogens with zero attached hydrogens (tertiary/aromatic N) is 1. The monoisotopic (exact) mass is 239 g/mol. The van der Waals surface area contributed by atoms with Crippen molar-refractivity contribution in [1.82, 2.24) is 15.3 Å². The van der Waals surface area contributed by atoms with Gasteiger partial charge in [-0.05, 0) is 25.8 Å². The van der Waals surface area contributed by atoms with Crippen LogP contribution in [0.5, 0.6) is 0 Å². The second kappa shape index (κ2) is 6.30. The maximum absolute atomic E-state index is 4.25. The Bertz CT molecular complexity index is 280. The van der Waals surface area contributed by atoms with E-state index in [1.54, 1.807) is 0 Å². The second-order valence-corrected chi connectivity index (χ2v) is 5.51. The molecular formula is C12H21N3S. The summed E-state index contributed by atoms with van der Waals surface area (Å²) in [4.78, 5) is 7.39. The Balaban J connectivity index is 1.80. The van der Waals surface area contributed by atoms with E-state index in [2.05, 4.69) is 22.3 Å². The molecule has 4 heteroatoms. The van der Waals surface area contributed by atoms with Crippen LogP contribution in [0.2, 0.25) is 0 Å². The van der Waals surface area contributed by atoms with Gasteiger partial charge in [-0.1, -0.05) is 31.0 Å². The second-order valence-electron chi connectivity index (χ2n) is 4.50. The molecular weight excluding hydrogens is 218 g/mol. The minimum absolute atomic E-state index is 0.635. The standard InChI is InChI=1S/C12H21N3S/c1-13-11(10-5-3-2-4-6-10)9-16-12-14-7-8-15-12/h7-8,10-11,13H,2-6,9H2,1H3,(H,14,15). The molecule has 0 aromatic carbocycles. The third-order valence-electron chi connectivity index (χ3n) is 3.46. The van der Waals surface area contributed by atoms with Crippen LogP contribution in [0.25, 0.3) is 0 Å². The lowest BCUT2D eigenvalue weighted by Crippen LogP contribution is -2.36. The molecule has 1 aliphatic rings. The lowest BCUT2D eigenvalue weighted by Gasteiger charge is -2.29. The van der Waals surface area contributed by atoms with Crippen LogP contribution in [-0.2, 0) is 0 Å². The minimum Gasteiger partial charge on any atom is -0.340 e. The summed E-state index contributed by atoms with van der Waals surface area (Å²) in [6, 6.07) is 0.635. The highest BCUT2D eigenvalue weighted by Gasteiger charge is 2.22. The minimum atomic E-state index is 0.635. The number of H-pyrrole nitrogens is 1. The molecule has 1 saturated carbocycles.